The number of hydrogen-bond donors (Lipinski definition) is 1. The minimum absolute atomic E-state index is 0.152. The van der Waals surface area contributed by atoms with Crippen LogP contribution in [0.5, 0.6) is 5.75 Å². The quantitative estimate of drug-likeness (QED) is 0.461. The number of rotatable bonds is 5. The van der Waals surface area contributed by atoms with Gasteiger partial charge in [0.05, 0.1) is 5.75 Å². The van der Waals surface area contributed by atoms with E-state index in [1.165, 1.54) is 64.2 Å². The van der Waals surface area contributed by atoms with Crippen molar-refractivity contribution in [2.45, 2.75) is 134 Å². The molecule has 3 nitrogen and oxygen atoms in total. The number of nitrogens with zero attached hydrogens (tertiary/aromatic N) is 1. The summed E-state index contributed by atoms with van der Waals surface area (Å²) in [5.41, 5.74) is 1.63. The molecular formula is C28H45NO2S. The lowest BCUT2D eigenvalue weighted by molar-refractivity contribution is -0.135. The first-order valence-electron chi connectivity index (χ1n) is 12.8. The van der Waals surface area contributed by atoms with Crippen molar-refractivity contribution < 1.29 is 9.90 Å². The maximum Gasteiger partial charge on any atom is 0.233 e. The van der Waals surface area contributed by atoms with Crippen LogP contribution in [0.4, 0.5) is 0 Å². The van der Waals surface area contributed by atoms with Crippen LogP contribution in [0.15, 0.2) is 17.0 Å². The average molecular weight is 460 g/mol. The molecule has 2 aliphatic rings. The molecule has 1 amide bonds. The van der Waals surface area contributed by atoms with Crippen LogP contribution in [0.25, 0.3) is 0 Å². The first-order valence-corrected chi connectivity index (χ1v) is 13.8. The van der Waals surface area contributed by atoms with E-state index < -0.39 is 0 Å². The molecule has 1 N–H and O–H groups in total. The normalized spacial score (nSPS) is 19.2. The maximum atomic E-state index is 13.6. The highest BCUT2D eigenvalue weighted by atomic mass is 32.2. The molecule has 0 unspecified atom stereocenters. The van der Waals surface area contributed by atoms with Crippen molar-refractivity contribution in [2.75, 3.05) is 5.75 Å². The van der Waals surface area contributed by atoms with E-state index in [0.717, 1.165) is 16.0 Å². The van der Waals surface area contributed by atoms with Crippen LogP contribution in [-0.2, 0) is 15.6 Å². The fourth-order valence-electron chi connectivity index (χ4n) is 5.48. The van der Waals surface area contributed by atoms with E-state index >= 15 is 0 Å². The molecule has 0 atom stereocenters. The van der Waals surface area contributed by atoms with E-state index in [4.69, 9.17) is 0 Å². The Labute approximate surface area is 200 Å². The second-order valence-corrected chi connectivity index (χ2v) is 13.1. The third-order valence-corrected chi connectivity index (χ3v) is 8.25. The van der Waals surface area contributed by atoms with E-state index in [1.54, 1.807) is 11.8 Å². The van der Waals surface area contributed by atoms with Gasteiger partial charge in [-0.15, -0.1) is 11.8 Å². The van der Waals surface area contributed by atoms with Crippen molar-refractivity contribution in [2.24, 2.45) is 0 Å². The van der Waals surface area contributed by atoms with Crippen molar-refractivity contribution in [1.29, 1.82) is 0 Å². The van der Waals surface area contributed by atoms with Crippen LogP contribution in [0.1, 0.15) is 117 Å². The lowest BCUT2D eigenvalue weighted by atomic mass is 9.79. The third-order valence-electron chi connectivity index (χ3n) is 7.29. The van der Waals surface area contributed by atoms with E-state index in [0.29, 0.717) is 29.5 Å². The Balaban J connectivity index is 1.82. The molecule has 0 bridgehead atoms. The number of hydrogen-bond acceptors (Lipinski definition) is 3. The summed E-state index contributed by atoms with van der Waals surface area (Å²) in [6.07, 6.45) is 12.4. The lowest BCUT2D eigenvalue weighted by Gasteiger charge is -2.42. The fourth-order valence-corrected chi connectivity index (χ4v) is 6.32. The largest absolute Gasteiger partial charge is 0.507 e. The van der Waals surface area contributed by atoms with Crippen LogP contribution >= 0.6 is 11.8 Å². The predicted molar refractivity (Wildman–Crippen MR) is 137 cm³/mol. The SMILES string of the molecule is CC(C)(C)c1cc(SCC(=O)N(C2CCCCC2)C2CCCCC2)cc(C(C)(C)C)c1O. The van der Waals surface area contributed by atoms with Crippen LogP contribution in [0.3, 0.4) is 0 Å². The summed E-state index contributed by atoms with van der Waals surface area (Å²) >= 11 is 1.65. The van der Waals surface area contributed by atoms with E-state index in [2.05, 4.69) is 58.6 Å². The summed E-state index contributed by atoms with van der Waals surface area (Å²) in [6.45, 7) is 12.8. The third kappa shape index (κ3) is 6.24. The van der Waals surface area contributed by atoms with Gasteiger partial charge in [-0.05, 0) is 48.6 Å². The molecular weight excluding hydrogens is 414 g/mol. The summed E-state index contributed by atoms with van der Waals surface area (Å²) in [6, 6.07) is 5.09. The molecule has 0 heterocycles. The van der Waals surface area contributed by atoms with E-state index in [1.807, 2.05) is 0 Å². The first-order chi connectivity index (χ1) is 15.0. The van der Waals surface area contributed by atoms with Gasteiger partial charge in [0.1, 0.15) is 5.75 Å². The van der Waals surface area contributed by atoms with Gasteiger partial charge in [-0.2, -0.15) is 0 Å². The highest BCUT2D eigenvalue weighted by molar-refractivity contribution is 8.00. The fraction of sp³-hybridized carbons (Fsp3) is 0.750. The number of carbonyl (C=O) groups excluding carboxylic acids is 1. The second-order valence-electron chi connectivity index (χ2n) is 12.0. The molecule has 0 saturated heterocycles. The summed E-state index contributed by atoms with van der Waals surface area (Å²) in [5.74, 6) is 1.22. The van der Waals surface area contributed by atoms with Crippen molar-refractivity contribution in [3.63, 3.8) is 0 Å². The number of benzene rings is 1. The number of thioether (sulfide) groups is 1. The van der Waals surface area contributed by atoms with E-state index in [-0.39, 0.29) is 10.8 Å². The molecule has 1 aromatic carbocycles. The number of amides is 1. The molecule has 0 radical (unpaired) electrons. The highest BCUT2D eigenvalue weighted by Gasteiger charge is 2.33. The number of phenols is 1. The summed E-state index contributed by atoms with van der Waals surface area (Å²) in [5, 5.41) is 11.0. The van der Waals surface area contributed by atoms with Gasteiger partial charge in [0.15, 0.2) is 0 Å². The Bertz CT molecular complexity index is 725. The second kappa shape index (κ2) is 10.4. The van der Waals surface area contributed by atoms with Gasteiger partial charge in [0.25, 0.3) is 0 Å². The molecule has 0 aliphatic heterocycles. The van der Waals surface area contributed by atoms with Crippen LogP contribution in [-0.4, -0.2) is 33.8 Å². The Hall–Kier alpha value is -1.16. The molecule has 2 aliphatic carbocycles. The maximum absolute atomic E-state index is 13.6. The molecule has 2 saturated carbocycles. The smallest absolute Gasteiger partial charge is 0.233 e. The van der Waals surface area contributed by atoms with Crippen LogP contribution in [0, 0.1) is 0 Å². The summed E-state index contributed by atoms with van der Waals surface area (Å²) < 4.78 is 0. The Morgan fingerprint density at radius 3 is 1.62 bits per heavy atom. The van der Waals surface area contributed by atoms with Gasteiger partial charge >= 0.3 is 0 Å². The van der Waals surface area contributed by atoms with Gasteiger partial charge in [0, 0.05) is 28.1 Å². The number of aromatic hydroxyl groups is 1. The zero-order chi connectivity index (χ0) is 23.5. The molecule has 32 heavy (non-hydrogen) atoms. The van der Waals surface area contributed by atoms with Crippen molar-refractivity contribution >= 4 is 17.7 Å². The number of carbonyl (C=O) groups is 1. The van der Waals surface area contributed by atoms with Crippen molar-refractivity contribution in [1.82, 2.24) is 4.90 Å². The van der Waals surface area contributed by atoms with Crippen molar-refractivity contribution in [3.8, 4) is 5.75 Å². The zero-order valence-corrected chi connectivity index (χ0v) is 22.1. The Morgan fingerprint density at radius 2 is 1.25 bits per heavy atom. The molecule has 0 aromatic heterocycles. The van der Waals surface area contributed by atoms with Gasteiger partial charge in [0.2, 0.25) is 5.91 Å². The molecule has 4 heteroatoms. The highest BCUT2D eigenvalue weighted by Crippen LogP contribution is 2.42. The van der Waals surface area contributed by atoms with Gasteiger partial charge in [-0.1, -0.05) is 80.1 Å². The molecule has 3 rings (SSSR count). The Kier molecular flexibility index (Phi) is 8.28. The predicted octanol–water partition coefficient (Wildman–Crippen LogP) is 7.57. The summed E-state index contributed by atoms with van der Waals surface area (Å²) in [4.78, 5) is 17.0. The zero-order valence-electron chi connectivity index (χ0n) is 21.3. The number of phenolic OH excluding ortho intramolecular Hbond substituents is 1. The van der Waals surface area contributed by atoms with Crippen LogP contribution in [0.2, 0.25) is 0 Å². The molecule has 180 valence electrons. The Morgan fingerprint density at radius 1 is 0.844 bits per heavy atom. The topological polar surface area (TPSA) is 40.5 Å². The molecule has 1 aromatic rings. The monoisotopic (exact) mass is 459 g/mol. The first kappa shape index (κ1) is 25.5. The van der Waals surface area contributed by atoms with Gasteiger partial charge in [-0.25, -0.2) is 0 Å². The summed E-state index contributed by atoms with van der Waals surface area (Å²) in [7, 11) is 0. The van der Waals surface area contributed by atoms with Crippen LogP contribution < -0.4 is 0 Å². The van der Waals surface area contributed by atoms with E-state index in [9.17, 15) is 9.90 Å². The minimum atomic E-state index is -0.152. The lowest BCUT2D eigenvalue weighted by Crippen LogP contribution is -2.49. The van der Waals surface area contributed by atoms with Gasteiger partial charge in [-0.3, -0.25) is 4.79 Å². The van der Waals surface area contributed by atoms with Crippen molar-refractivity contribution in [3.05, 3.63) is 23.3 Å². The molecule has 2 fully saturated rings. The standard InChI is InChI=1S/C28H45NO2S/c1-27(2,3)23-17-22(18-24(26(23)31)28(4,5)6)32-19-25(30)29(20-13-9-7-10-14-20)21-15-11-8-12-16-21/h17-18,20-21,31H,7-16,19H2,1-6H3. The average Bonchev–Trinajstić information content (AvgIpc) is 2.73. The molecule has 0 spiro atoms. The minimum Gasteiger partial charge on any atom is -0.507 e. The van der Waals surface area contributed by atoms with Gasteiger partial charge < -0.3 is 10.0 Å².